The molecule has 0 heterocycles. The summed E-state index contributed by atoms with van der Waals surface area (Å²) in [6.07, 6.45) is 0.118. The SMILES string of the molecule is Cc1ccccc1OCC(=O)NC(C)c1cccc(OC(C)C)c1. The van der Waals surface area contributed by atoms with Crippen molar-refractivity contribution in [3.05, 3.63) is 59.7 Å². The highest BCUT2D eigenvalue weighted by Crippen LogP contribution is 2.20. The van der Waals surface area contributed by atoms with Gasteiger partial charge in [0.1, 0.15) is 11.5 Å². The van der Waals surface area contributed by atoms with Gasteiger partial charge >= 0.3 is 0 Å². The van der Waals surface area contributed by atoms with Crippen molar-refractivity contribution in [1.29, 1.82) is 0 Å². The Morgan fingerprint density at radius 3 is 2.54 bits per heavy atom. The monoisotopic (exact) mass is 327 g/mol. The van der Waals surface area contributed by atoms with E-state index in [4.69, 9.17) is 9.47 Å². The second-order valence-corrected chi connectivity index (χ2v) is 6.08. The molecule has 1 N–H and O–H groups in total. The standard InChI is InChI=1S/C20H25NO3/c1-14(2)24-18-10-7-9-17(12-18)16(4)21-20(22)13-23-19-11-6-5-8-15(19)3/h5-12,14,16H,13H2,1-4H3,(H,21,22). The lowest BCUT2D eigenvalue weighted by Crippen LogP contribution is -2.31. The Bertz CT molecular complexity index is 682. The molecule has 1 unspecified atom stereocenters. The molecule has 1 atom stereocenters. The highest BCUT2D eigenvalue weighted by atomic mass is 16.5. The summed E-state index contributed by atoms with van der Waals surface area (Å²) in [6.45, 7) is 7.87. The second kappa shape index (κ2) is 8.39. The van der Waals surface area contributed by atoms with Gasteiger partial charge in [0.05, 0.1) is 12.1 Å². The second-order valence-electron chi connectivity index (χ2n) is 6.08. The third-order valence-corrected chi connectivity index (χ3v) is 3.56. The van der Waals surface area contributed by atoms with Crippen LogP contribution in [0.3, 0.4) is 0 Å². The molecule has 0 spiro atoms. The van der Waals surface area contributed by atoms with Gasteiger partial charge in [0.25, 0.3) is 5.91 Å². The smallest absolute Gasteiger partial charge is 0.258 e. The van der Waals surface area contributed by atoms with Crippen molar-refractivity contribution < 1.29 is 14.3 Å². The Hall–Kier alpha value is -2.49. The van der Waals surface area contributed by atoms with Gasteiger partial charge < -0.3 is 14.8 Å². The number of hydrogen-bond acceptors (Lipinski definition) is 3. The van der Waals surface area contributed by atoms with Gasteiger partial charge in [-0.15, -0.1) is 0 Å². The maximum Gasteiger partial charge on any atom is 0.258 e. The minimum atomic E-state index is -0.152. The van der Waals surface area contributed by atoms with Gasteiger partial charge in [-0.2, -0.15) is 0 Å². The summed E-state index contributed by atoms with van der Waals surface area (Å²) < 4.78 is 11.3. The first-order valence-electron chi connectivity index (χ1n) is 8.20. The molecule has 0 aliphatic carbocycles. The molecule has 4 heteroatoms. The van der Waals surface area contributed by atoms with Crippen molar-refractivity contribution in [2.45, 2.75) is 39.8 Å². The van der Waals surface area contributed by atoms with E-state index in [9.17, 15) is 4.79 Å². The van der Waals surface area contributed by atoms with Gasteiger partial charge in [-0.3, -0.25) is 4.79 Å². The number of aryl methyl sites for hydroxylation is 1. The molecule has 0 fully saturated rings. The highest BCUT2D eigenvalue weighted by molar-refractivity contribution is 5.78. The lowest BCUT2D eigenvalue weighted by atomic mass is 10.1. The van der Waals surface area contributed by atoms with Gasteiger partial charge in [-0.25, -0.2) is 0 Å². The van der Waals surface area contributed by atoms with E-state index in [1.807, 2.05) is 76.2 Å². The van der Waals surface area contributed by atoms with Crippen LogP contribution in [0, 0.1) is 6.92 Å². The maximum atomic E-state index is 12.1. The number of rotatable bonds is 7. The molecule has 0 bridgehead atoms. The summed E-state index contributed by atoms with van der Waals surface area (Å²) >= 11 is 0. The largest absolute Gasteiger partial charge is 0.491 e. The minimum Gasteiger partial charge on any atom is -0.491 e. The number of benzene rings is 2. The van der Waals surface area contributed by atoms with E-state index in [-0.39, 0.29) is 24.7 Å². The fourth-order valence-corrected chi connectivity index (χ4v) is 2.36. The summed E-state index contributed by atoms with van der Waals surface area (Å²) in [7, 11) is 0. The average molecular weight is 327 g/mol. The molecule has 2 aromatic carbocycles. The molecule has 1 amide bonds. The Balaban J connectivity index is 1.90. The molecule has 0 saturated carbocycles. The average Bonchev–Trinajstić information content (AvgIpc) is 2.53. The lowest BCUT2D eigenvalue weighted by molar-refractivity contribution is -0.123. The highest BCUT2D eigenvalue weighted by Gasteiger charge is 2.11. The zero-order valence-electron chi connectivity index (χ0n) is 14.7. The number of nitrogens with one attached hydrogen (secondary N) is 1. The van der Waals surface area contributed by atoms with Gasteiger partial charge in [0.2, 0.25) is 0 Å². The summed E-state index contributed by atoms with van der Waals surface area (Å²) in [5.74, 6) is 1.38. The van der Waals surface area contributed by atoms with Crippen molar-refractivity contribution in [2.75, 3.05) is 6.61 Å². The fraction of sp³-hybridized carbons (Fsp3) is 0.350. The van der Waals surface area contributed by atoms with Crippen molar-refractivity contribution in [1.82, 2.24) is 5.32 Å². The van der Waals surface area contributed by atoms with Crippen molar-refractivity contribution >= 4 is 5.91 Å². The van der Waals surface area contributed by atoms with E-state index in [1.54, 1.807) is 0 Å². The molecular formula is C20H25NO3. The van der Waals surface area contributed by atoms with Crippen LogP contribution in [0.25, 0.3) is 0 Å². The number of carbonyl (C=O) groups is 1. The Morgan fingerprint density at radius 2 is 1.83 bits per heavy atom. The molecule has 2 aromatic rings. The number of amides is 1. The molecule has 0 saturated heterocycles. The molecule has 0 aromatic heterocycles. The zero-order valence-corrected chi connectivity index (χ0v) is 14.7. The van der Waals surface area contributed by atoms with Crippen molar-refractivity contribution in [2.24, 2.45) is 0 Å². The van der Waals surface area contributed by atoms with Crippen LogP contribution in [-0.4, -0.2) is 18.6 Å². The zero-order chi connectivity index (χ0) is 17.5. The van der Waals surface area contributed by atoms with Crippen LogP contribution in [0.15, 0.2) is 48.5 Å². The first-order chi connectivity index (χ1) is 11.5. The molecule has 128 valence electrons. The number of hydrogen-bond donors (Lipinski definition) is 1. The van der Waals surface area contributed by atoms with Gasteiger partial charge in [-0.05, 0) is 57.0 Å². The van der Waals surface area contributed by atoms with Gasteiger partial charge in [0, 0.05) is 0 Å². The van der Waals surface area contributed by atoms with Crippen LogP contribution in [0.4, 0.5) is 0 Å². The van der Waals surface area contributed by atoms with Crippen LogP contribution in [-0.2, 0) is 4.79 Å². The quantitative estimate of drug-likeness (QED) is 0.835. The van der Waals surface area contributed by atoms with Crippen LogP contribution in [0.1, 0.15) is 37.9 Å². The van der Waals surface area contributed by atoms with E-state index in [1.165, 1.54) is 0 Å². The summed E-state index contributed by atoms with van der Waals surface area (Å²) in [5, 5.41) is 2.95. The number of para-hydroxylation sites is 1. The van der Waals surface area contributed by atoms with E-state index in [2.05, 4.69) is 5.32 Å². The summed E-state index contributed by atoms with van der Waals surface area (Å²) in [5.41, 5.74) is 2.01. The first-order valence-corrected chi connectivity index (χ1v) is 8.20. The molecule has 0 aliphatic heterocycles. The van der Waals surface area contributed by atoms with E-state index >= 15 is 0 Å². The van der Waals surface area contributed by atoms with Gasteiger partial charge in [0.15, 0.2) is 6.61 Å². The maximum absolute atomic E-state index is 12.1. The number of ether oxygens (including phenoxy) is 2. The van der Waals surface area contributed by atoms with Crippen LogP contribution in [0.2, 0.25) is 0 Å². The van der Waals surface area contributed by atoms with Gasteiger partial charge in [-0.1, -0.05) is 30.3 Å². The fourth-order valence-electron chi connectivity index (χ4n) is 2.36. The Morgan fingerprint density at radius 1 is 1.08 bits per heavy atom. The predicted molar refractivity (Wildman–Crippen MR) is 95.4 cm³/mol. The molecular weight excluding hydrogens is 302 g/mol. The predicted octanol–water partition coefficient (Wildman–Crippen LogP) is 4.04. The topological polar surface area (TPSA) is 47.6 Å². The first kappa shape index (κ1) is 17.9. The Labute approximate surface area is 143 Å². The molecule has 0 aliphatic rings. The van der Waals surface area contributed by atoms with Crippen LogP contribution in [0.5, 0.6) is 11.5 Å². The summed E-state index contributed by atoms with van der Waals surface area (Å²) in [6, 6.07) is 15.3. The van der Waals surface area contributed by atoms with Crippen molar-refractivity contribution in [3.8, 4) is 11.5 Å². The Kier molecular flexibility index (Phi) is 6.24. The molecule has 24 heavy (non-hydrogen) atoms. The lowest BCUT2D eigenvalue weighted by Gasteiger charge is -2.17. The van der Waals surface area contributed by atoms with Crippen LogP contribution < -0.4 is 14.8 Å². The van der Waals surface area contributed by atoms with Crippen molar-refractivity contribution in [3.63, 3.8) is 0 Å². The third-order valence-electron chi connectivity index (χ3n) is 3.56. The van der Waals surface area contributed by atoms with E-state index in [0.29, 0.717) is 0 Å². The summed E-state index contributed by atoms with van der Waals surface area (Å²) in [4.78, 5) is 12.1. The van der Waals surface area contributed by atoms with E-state index in [0.717, 1.165) is 22.6 Å². The van der Waals surface area contributed by atoms with E-state index < -0.39 is 0 Å². The molecule has 0 radical (unpaired) electrons. The number of carbonyl (C=O) groups excluding carboxylic acids is 1. The molecule has 2 rings (SSSR count). The molecule has 4 nitrogen and oxygen atoms in total. The van der Waals surface area contributed by atoms with Crippen LogP contribution >= 0.6 is 0 Å². The third kappa shape index (κ3) is 5.30. The minimum absolute atomic E-state index is 0.00260. The normalized spacial score (nSPS) is 11.9.